The highest BCUT2D eigenvalue weighted by molar-refractivity contribution is 14.1. The van der Waals surface area contributed by atoms with E-state index in [-0.39, 0.29) is 0 Å². The van der Waals surface area contributed by atoms with Gasteiger partial charge in [-0.15, -0.1) is 0 Å². The fraction of sp³-hybridized carbons (Fsp3) is 0. The van der Waals surface area contributed by atoms with Crippen LogP contribution >= 0.6 is 45.2 Å². The molecular formula is C2H2I2N2. The van der Waals surface area contributed by atoms with Gasteiger partial charge in [-0.25, -0.2) is 0 Å². The molecule has 0 aromatic carbocycles. The van der Waals surface area contributed by atoms with Gasteiger partial charge >= 0.3 is 0 Å². The summed E-state index contributed by atoms with van der Waals surface area (Å²) in [6.07, 6.45) is 0. The van der Waals surface area contributed by atoms with Gasteiger partial charge in [-0.3, -0.25) is 0 Å². The van der Waals surface area contributed by atoms with E-state index < -0.39 is 0 Å². The lowest BCUT2D eigenvalue weighted by molar-refractivity contribution is 1.29. The van der Waals surface area contributed by atoms with Crippen molar-refractivity contribution in [1.82, 2.24) is 0 Å². The van der Waals surface area contributed by atoms with Crippen LogP contribution in [0.5, 0.6) is 0 Å². The van der Waals surface area contributed by atoms with E-state index in [4.69, 9.17) is 0 Å². The normalized spacial score (nSPS) is 11.7. The quantitative estimate of drug-likeness (QED) is 0.401. The van der Waals surface area contributed by atoms with Crippen molar-refractivity contribution < 1.29 is 0 Å². The van der Waals surface area contributed by atoms with Crippen molar-refractivity contribution in [1.29, 1.82) is 0 Å². The summed E-state index contributed by atoms with van der Waals surface area (Å²) < 4.78 is 3.21. The van der Waals surface area contributed by atoms with Crippen LogP contribution in [0.1, 0.15) is 0 Å². The first-order valence-electron chi connectivity index (χ1n) is 1.15. The predicted octanol–water partition coefficient (Wildman–Crippen LogP) is 1.83. The van der Waals surface area contributed by atoms with Crippen LogP contribution in [0.4, 0.5) is 0 Å². The summed E-state index contributed by atoms with van der Waals surface area (Å²) in [7, 11) is 0. The van der Waals surface area contributed by atoms with E-state index in [0.717, 1.165) is 0 Å². The average molecular weight is 308 g/mol. The zero-order chi connectivity index (χ0) is 4.83. The molecule has 0 bridgehead atoms. The van der Waals surface area contributed by atoms with Crippen LogP contribution < -0.4 is 0 Å². The summed E-state index contributed by atoms with van der Waals surface area (Å²) in [5.74, 6) is 0. The van der Waals surface area contributed by atoms with Gasteiger partial charge in [0.2, 0.25) is 0 Å². The van der Waals surface area contributed by atoms with Gasteiger partial charge in [0, 0.05) is 0 Å². The Morgan fingerprint density at radius 2 is 1.33 bits per heavy atom. The molecule has 0 rings (SSSR count). The van der Waals surface area contributed by atoms with Crippen molar-refractivity contribution in [2.24, 2.45) is 10.2 Å². The van der Waals surface area contributed by atoms with Crippen molar-refractivity contribution >= 4 is 53.6 Å². The summed E-state index contributed by atoms with van der Waals surface area (Å²) in [5.41, 5.74) is 0. The van der Waals surface area contributed by atoms with Gasteiger partial charge in [-0.1, -0.05) is 0 Å². The number of nitrogens with zero attached hydrogens (tertiary/aromatic N) is 2. The minimum absolute atomic E-state index is 1.60. The highest BCUT2D eigenvalue weighted by Gasteiger charge is 1.51. The minimum Gasteiger partial charge on any atom is -0.152 e. The van der Waals surface area contributed by atoms with Crippen LogP contribution in [0, 0.1) is 0 Å². The Kier molecular flexibility index (Phi) is 6.57. The number of rotatable bonds is 1. The molecule has 6 heavy (non-hydrogen) atoms. The van der Waals surface area contributed by atoms with E-state index in [1.54, 1.807) is 8.44 Å². The third-order valence-corrected chi connectivity index (χ3v) is 0.652. The van der Waals surface area contributed by atoms with Gasteiger partial charge < -0.3 is 0 Å². The molecule has 0 saturated heterocycles. The Morgan fingerprint density at radius 1 is 1.00 bits per heavy atom. The molecule has 0 amide bonds. The third-order valence-electron chi connectivity index (χ3n) is 0.154. The maximum atomic E-state index is 3.51. The predicted molar refractivity (Wildman–Crippen MR) is 45.0 cm³/mol. The molecule has 0 unspecified atom stereocenters. The van der Waals surface area contributed by atoms with Gasteiger partial charge in [-0.05, 0) is 45.2 Å². The third kappa shape index (κ3) is 4.80. The zero-order valence-corrected chi connectivity index (χ0v) is 7.12. The van der Waals surface area contributed by atoms with Crippen LogP contribution in [-0.2, 0) is 0 Å². The van der Waals surface area contributed by atoms with Crippen LogP contribution in [-0.4, -0.2) is 8.44 Å². The lowest BCUT2D eigenvalue weighted by Crippen LogP contribution is -1.47. The molecule has 0 saturated carbocycles. The Bertz CT molecular complexity index is 57.9. The second kappa shape index (κ2) is 5.80. The largest absolute Gasteiger partial charge is 0.152 e. The molecule has 0 aromatic heterocycles. The summed E-state index contributed by atoms with van der Waals surface area (Å²) in [6.45, 7) is 0. The van der Waals surface area contributed by atoms with Gasteiger partial charge in [0.05, 0.1) is 8.44 Å². The topological polar surface area (TPSA) is 24.7 Å². The summed E-state index contributed by atoms with van der Waals surface area (Å²) in [6, 6.07) is 0. The molecule has 0 aliphatic rings. The van der Waals surface area contributed by atoms with Crippen LogP contribution in [0.25, 0.3) is 0 Å². The highest BCUT2D eigenvalue weighted by Crippen LogP contribution is 1.76. The number of hydrogen-bond donors (Lipinski definition) is 0. The molecule has 0 heterocycles. The van der Waals surface area contributed by atoms with E-state index >= 15 is 0 Å². The second-order valence-corrected chi connectivity index (χ2v) is 1.54. The summed E-state index contributed by atoms with van der Waals surface area (Å²) in [4.78, 5) is 0. The molecule has 0 radical (unpaired) electrons. The Hall–Kier alpha value is 0.800. The Labute approximate surface area is 63.4 Å². The van der Waals surface area contributed by atoms with Gasteiger partial charge in [0.25, 0.3) is 0 Å². The van der Waals surface area contributed by atoms with Crippen molar-refractivity contribution in [3.8, 4) is 0 Å². The molecular weight excluding hydrogens is 306 g/mol. The molecule has 0 aromatic rings. The molecule has 4 heteroatoms. The van der Waals surface area contributed by atoms with Gasteiger partial charge in [0.1, 0.15) is 0 Å². The number of halogens is 2. The van der Waals surface area contributed by atoms with Crippen molar-refractivity contribution in [2.75, 3.05) is 0 Å². The van der Waals surface area contributed by atoms with E-state index in [1.165, 1.54) is 0 Å². The Balaban J connectivity index is 3.07. The van der Waals surface area contributed by atoms with E-state index in [9.17, 15) is 0 Å². The average Bonchev–Trinajstić information content (AvgIpc) is 1.61. The maximum Gasteiger partial charge on any atom is 0.0878 e. The Morgan fingerprint density at radius 3 is 1.50 bits per heavy atom. The molecule has 2 nitrogen and oxygen atoms in total. The first-order chi connectivity index (χ1) is 2.91. The van der Waals surface area contributed by atoms with Gasteiger partial charge in [-0.2, -0.15) is 10.2 Å². The fourth-order valence-electron chi connectivity index (χ4n) is 0.0504. The van der Waals surface area contributed by atoms with E-state index in [1.807, 2.05) is 45.2 Å². The van der Waals surface area contributed by atoms with Crippen molar-refractivity contribution in [2.45, 2.75) is 0 Å². The summed E-state index contributed by atoms with van der Waals surface area (Å²) >= 11 is 4.00. The lowest BCUT2D eigenvalue weighted by atomic mass is 11.6. The minimum atomic E-state index is 1.60. The fourth-order valence-corrected chi connectivity index (χ4v) is 0.338. The molecule has 0 aliphatic heterocycles. The van der Waals surface area contributed by atoms with Crippen LogP contribution in [0.2, 0.25) is 0 Å². The maximum absolute atomic E-state index is 3.51. The second-order valence-electron chi connectivity index (χ2n) is 0.426. The summed E-state index contributed by atoms with van der Waals surface area (Å²) in [5, 5.41) is 7.03. The zero-order valence-electron chi connectivity index (χ0n) is 2.81. The van der Waals surface area contributed by atoms with E-state index in [2.05, 4.69) is 10.2 Å². The van der Waals surface area contributed by atoms with Crippen molar-refractivity contribution in [3.05, 3.63) is 0 Å². The molecule has 0 aliphatic carbocycles. The SMILES string of the molecule is IC=NN=CI. The van der Waals surface area contributed by atoms with E-state index in [0.29, 0.717) is 0 Å². The van der Waals surface area contributed by atoms with Crippen LogP contribution in [0.15, 0.2) is 10.2 Å². The standard InChI is InChI=1S/C2H2I2N2/c3-1-5-6-2-4/h1-2H. The first-order valence-corrected chi connectivity index (χ1v) is 3.64. The molecule has 0 atom stereocenters. The monoisotopic (exact) mass is 308 g/mol. The van der Waals surface area contributed by atoms with Crippen LogP contribution in [0.3, 0.4) is 0 Å². The molecule has 0 N–H and O–H groups in total. The molecule has 0 spiro atoms. The number of hydrogen-bond acceptors (Lipinski definition) is 2. The van der Waals surface area contributed by atoms with Crippen molar-refractivity contribution in [3.63, 3.8) is 0 Å². The lowest BCUT2D eigenvalue weighted by Gasteiger charge is -1.62. The highest BCUT2D eigenvalue weighted by atomic mass is 127. The molecule has 0 fully saturated rings. The molecule has 34 valence electrons. The first kappa shape index (κ1) is 6.80. The van der Waals surface area contributed by atoms with Gasteiger partial charge in [0.15, 0.2) is 0 Å². The smallest absolute Gasteiger partial charge is 0.0878 e.